The monoisotopic (exact) mass is 804 g/mol. The second kappa shape index (κ2) is 14.1. The zero-order valence-electron chi connectivity index (χ0n) is 28.4. The molecule has 0 nitrogen and oxygen atoms in total. The Morgan fingerprint density at radius 2 is 0.898 bits per heavy atom. The molecule has 0 atom stereocenters. The molecule has 2 aromatic heterocycles. The van der Waals surface area contributed by atoms with E-state index in [1.807, 2.05) is 22.7 Å². The van der Waals surface area contributed by atoms with E-state index in [1.165, 1.54) is 135 Å². The summed E-state index contributed by atoms with van der Waals surface area (Å²) in [4.78, 5) is 2.70. The van der Waals surface area contributed by atoms with E-state index in [1.54, 1.807) is 0 Å². The Bertz CT molecular complexity index is 1990. The molecule has 0 N–H and O–H groups in total. The normalized spacial score (nSPS) is 13.5. The summed E-state index contributed by atoms with van der Waals surface area (Å²) in [6.07, 6.45) is 12.6. The van der Waals surface area contributed by atoms with Crippen molar-refractivity contribution in [1.82, 2.24) is 0 Å². The van der Waals surface area contributed by atoms with Crippen LogP contribution in [-0.2, 0) is 18.3 Å². The Balaban J connectivity index is 1.27. The first-order valence-electron chi connectivity index (χ1n) is 18.1. The molecule has 2 aliphatic rings. The Labute approximate surface area is 316 Å². The molecule has 0 saturated carbocycles. The number of thiophene rings is 2. The van der Waals surface area contributed by atoms with Gasteiger partial charge >= 0.3 is 0 Å². The van der Waals surface area contributed by atoms with Gasteiger partial charge in [-0.3, -0.25) is 0 Å². The number of unbranched alkanes of at least 4 members (excludes halogenated alkanes) is 6. The quantitative estimate of drug-likeness (QED) is 0.108. The number of fused-ring (bicyclic) bond motifs is 10. The van der Waals surface area contributed by atoms with Crippen LogP contribution in [0.3, 0.4) is 0 Å². The van der Waals surface area contributed by atoms with Crippen LogP contribution in [0.25, 0.3) is 43.1 Å². The number of benzene rings is 4. The first kappa shape index (κ1) is 33.4. The molecule has 0 unspecified atom stereocenters. The van der Waals surface area contributed by atoms with Crippen LogP contribution in [0.4, 0.5) is 0 Å². The van der Waals surface area contributed by atoms with Crippen LogP contribution in [0.5, 0.6) is 0 Å². The molecule has 2 aliphatic carbocycles. The summed E-state index contributed by atoms with van der Waals surface area (Å²) < 4.78 is 2.57. The van der Waals surface area contributed by atoms with Crippen LogP contribution in [0.1, 0.15) is 98.6 Å². The zero-order valence-corrected chi connectivity index (χ0v) is 33.2. The fourth-order valence-electron chi connectivity index (χ4n) is 8.37. The summed E-state index contributed by atoms with van der Waals surface area (Å²) >= 11 is 11.7. The predicted molar refractivity (Wildman–Crippen MR) is 220 cm³/mol. The molecule has 49 heavy (non-hydrogen) atoms. The molecule has 248 valence electrons. The standard InChI is InChI=1S/C45H42Br2S2/c1-3-5-7-9-15-31-27-41(48-43(31)46)29-21-23-35-36-24-22-30(42-28-32(44(47)49-42)16-10-8-6-4-2)26-40(36)45(39(35)25-29)37-19-13-11-17-33(37)34-18-12-14-20-38(34)45/h11-14,17-28H,3-10,15-16H2,1-2H3. The lowest BCUT2D eigenvalue weighted by Crippen LogP contribution is -2.26. The van der Waals surface area contributed by atoms with Crippen LogP contribution >= 0.6 is 54.5 Å². The smallest absolute Gasteiger partial charge is 0.0737 e. The van der Waals surface area contributed by atoms with Gasteiger partial charge in [0, 0.05) is 9.75 Å². The molecule has 0 saturated heterocycles. The molecule has 0 aliphatic heterocycles. The van der Waals surface area contributed by atoms with E-state index in [0.717, 1.165) is 12.8 Å². The van der Waals surface area contributed by atoms with Gasteiger partial charge < -0.3 is 0 Å². The topological polar surface area (TPSA) is 0 Å². The maximum absolute atomic E-state index is 3.95. The molecule has 0 fully saturated rings. The predicted octanol–water partition coefficient (Wildman–Crippen LogP) is 15.3. The number of hydrogen-bond acceptors (Lipinski definition) is 2. The van der Waals surface area contributed by atoms with E-state index < -0.39 is 0 Å². The van der Waals surface area contributed by atoms with Crippen LogP contribution in [0.2, 0.25) is 0 Å². The van der Waals surface area contributed by atoms with Crippen molar-refractivity contribution in [1.29, 1.82) is 0 Å². The maximum Gasteiger partial charge on any atom is 0.0737 e. The summed E-state index contributed by atoms with van der Waals surface area (Å²) in [6, 6.07) is 37.8. The Kier molecular flexibility index (Phi) is 9.61. The van der Waals surface area contributed by atoms with Gasteiger partial charge in [0.15, 0.2) is 0 Å². The summed E-state index contributed by atoms with van der Waals surface area (Å²) in [5.41, 5.74) is 16.2. The summed E-state index contributed by atoms with van der Waals surface area (Å²) in [6.45, 7) is 4.57. The lowest BCUT2D eigenvalue weighted by atomic mass is 9.70. The van der Waals surface area contributed by atoms with Crippen molar-refractivity contribution in [2.24, 2.45) is 0 Å². The van der Waals surface area contributed by atoms with Gasteiger partial charge in [-0.1, -0.05) is 125 Å². The molecule has 2 heterocycles. The number of halogens is 2. The van der Waals surface area contributed by atoms with E-state index in [0.29, 0.717) is 0 Å². The highest BCUT2D eigenvalue weighted by molar-refractivity contribution is 9.11. The zero-order chi connectivity index (χ0) is 33.5. The van der Waals surface area contributed by atoms with Gasteiger partial charge in [-0.15, -0.1) is 22.7 Å². The minimum atomic E-state index is -0.362. The second-order valence-corrected chi connectivity index (χ2v) is 18.5. The minimum absolute atomic E-state index is 0.362. The first-order chi connectivity index (χ1) is 24.0. The molecular formula is C45H42Br2S2. The van der Waals surface area contributed by atoms with Crippen LogP contribution in [0.15, 0.2) is 105 Å². The molecule has 4 aromatic carbocycles. The fourth-order valence-corrected chi connectivity index (χ4v) is 11.9. The summed E-state index contributed by atoms with van der Waals surface area (Å²) in [5, 5.41) is 0. The average molecular weight is 807 g/mol. The van der Waals surface area contributed by atoms with Crippen molar-refractivity contribution < 1.29 is 0 Å². The SMILES string of the molecule is CCCCCCc1cc(-c2ccc3c(c2)C2(c4ccccc4-c4ccccc42)c2cc(-c4cc(CCCCCC)c(Br)s4)ccc2-3)sc1Br. The van der Waals surface area contributed by atoms with E-state index in [2.05, 4.69) is 143 Å². The van der Waals surface area contributed by atoms with Gasteiger partial charge in [-0.2, -0.15) is 0 Å². The number of aryl methyl sites for hydroxylation is 2. The average Bonchev–Trinajstić information content (AvgIpc) is 3.86. The van der Waals surface area contributed by atoms with Crippen molar-refractivity contribution in [3.05, 3.63) is 138 Å². The van der Waals surface area contributed by atoms with Gasteiger partial charge in [-0.25, -0.2) is 0 Å². The van der Waals surface area contributed by atoms with Crippen molar-refractivity contribution >= 4 is 54.5 Å². The molecule has 0 bridgehead atoms. The Morgan fingerprint density at radius 3 is 1.35 bits per heavy atom. The van der Waals surface area contributed by atoms with Gasteiger partial charge in [0.05, 0.1) is 13.0 Å². The number of hydrogen-bond donors (Lipinski definition) is 0. The molecular weight excluding hydrogens is 764 g/mol. The van der Waals surface area contributed by atoms with Gasteiger partial charge in [0.2, 0.25) is 0 Å². The first-order valence-corrected chi connectivity index (χ1v) is 21.3. The van der Waals surface area contributed by atoms with E-state index in [4.69, 9.17) is 0 Å². The second-order valence-electron chi connectivity index (χ2n) is 13.8. The highest BCUT2D eigenvalue weighted by Gasteiger charge is 2.51. The summed E-state index contributed by atoms with van der Waals surface area (Å²) in [7, 11) is 0. The lowest BCUT2D eigenvalue weighted by molar-refractivity contribution is 0.667. The Hall–Kier alpha value is -2.76. The Morgan fingerprint density at radius 1 is 0.469 bits per heavy atom. The van der Waals surface area contributed by atoms with Crippen LogP contribution in [-0.4, -0.2) is 0 Å². The van der Waals surface area contributed by atoms with Crippen LogP contribution < -0.4 is 0 Å². The maximum atomic E-state index is 3.95. The largest absolute Gasteiger partial charge is 0.128 e. The summed E-state index contributed by atoms with van der Waals surface area (Å²) in [5.74, 6) is 0. The third-order valence-electron chi connectivity index (χ3n) is 10.8. The number of rotatable bonds is 12. The lowest BCUT2D eigenvalue weighted by Gasteiger charge is -2.31. The molecule has 0 radical (unpaired) electrons. The van der Waals surface area contributed by atoms with Crippen molar-refractivity contribution in [3.63, 3.8) is 0 Å². The molecule has 8 rings (SSSR count). The van der Waals surface area contributed by atoms with Crippen molar-refractivity contribution in [2.75, 3.05) is 0 Å². The van der Waals surface area contributed by atoms with Gasteiger partial charge in [0.25, 0.3) is 0 Å². The van der Waals surface area contributed by atoms with E-state index >= 15 is 0 Å². The fraction of sp³-hybridized carbons (Fsp3) is 0.289. The minimum Gasteiger partial charge on any atom is -0.128 e. The highest BCUT2D eigenvalue weighted by atomic mass is 79.9. The van der Waals surface area contributed by atoms with Crippen molar-refractivity contribution in [3.8, 4) is 43.1 Å². The van der Waals surface area contributed by atoms with E-state index in [9.17, 15) is 0 Å². The highest BCUT2D eigenvalue weighted by Crippen LogP contribution is 2.63. The molecule has 4 heteroatoms. The van der Waals surface area contributed by atoms with Crippen LogP contribution in [0, 0.1) is 0 Å². The van der Waals surface area contributed by atoms with Crippen molar-refractivity contribution in [2.45, 2.75) is 83.5 Å². The third kappa shape index (κ3) is 5.75. The van der Waals surface area contributed by atoms with Gasteiger partial charge in [-0.05, 0) is 149 Å². The van der Waals surface area contributed by atoms with E-state index in [-0.39, 0.29) is 5.41 Å². The molecule has 1 spiro atoms. The third-order valence-corrected chi connectivity index (χ3v) is 14.8. The molecule has 6 aromatic rings. The van der Waals surface area contributed by atoms with Gasteiger partial charge in [0.1, 0.15) is 0 Å². The molecule has 0 amide bonds.